The Morgan fingerprint density at radius 1 is 1.14 bits per heavy atom. The zero-order valence-corrected chi connectivity index (χ0v) is 23.3. The molecule has 8 nitrogen and oxygen atoms in total. The number of nitrogens with one attached hydrogen (secondary N) is 1. The molecule has 0 spiro atoms. The van der Waals surface area contributed by atoms with E-state index in [2.05, 4.69) is 26.2 Å². The number of nitrogen functional groups attached to an aromatic ring is 1. The Balaban J connectivity index is 0.00000235. The molecule has 3 rings (SSSR count). The van der Waals surface area contributed by atoms with E-state index in [0.717, 1.165) is 41.2 Å². The molecule has 0 radical (unpaired) electrons. The van der Waals surface area contributed by atoms with Gasteiger partial charge in [0, 0.05) is 38.0 Å². The van der Waals surface area contributed by atoms with Gasteiger partial charge in [-0.15, -0.1) is 0 Å². The number of ether oxygens (including phenoxy) is 1. The molecule has 37 heavy (non-hydrogen) atoms. The zero-order valence-electron chi connectivity index (χ0n) is 23.3. The predicted octanol–water partition coefficient (Wildman–Crippen LogP) is 5.47. The fourth-order valence-electron chi connectivity index (χ4n) is 3.82. The van der Waals surface area contributed by atoms with Gasteiger partial charge in [0.2, 0.25) is 5.95 Å². The van der Waals surface area contributed by atoms with E-state index in [-0.39, 0.29) is 0 Å². The van der Waals surface area contributed by atoms with Crippen molar-refractivity contribution in [1.29, 1.82) is 5.26 Å². The molecule has 0 atom stereocenters. The number of nitrogens with two attached hydrogens (primary N) is 1. The van der Waals surface area contributed by atoms with Gasteiger partial charge in [0.1, 0.15) is 5.75 Å². The fourth-order valence-corrected chi connectivity index (χ4v) is 3.82. The molecular weight excluding hydrogens is 462 g/mol. The van der Waals surface area contributed by atoms with Crippen LogP contribution in [0.3, 0.4) is 0 Å². The molecule has 0 fully saturated rings. The van der Waals surface area contributed by atoms with Crippen LogP contribution >= 0.6 is 0 Å². The number of allylic oxidation sites excluding steroid dienone is 1. The van der Waals surface area contributed by atoms with E-state index in [4.69, 9.17) is 15.5 Å². The summed E-state index contributed by atoms with van der Waals surface area (Å²) < 4.78 is 5.65. The third-order valence-corrected chi connectivity index (χ3v) is 5.76. The summed E-state index contributed by atoms with van der Waals surface area (Å²) in [7, 11) is 7.72. The van der Waals surface area contributed by atoms with Gasteiger partial charge >= 0.3 is 0 Å². The van der Waals surface area contributed by atoms with Gasteiger partial charge in [0.05, 0.1) is 41.5 Å². The number of benzene rings is 2. The molecular formula is C29H39N7O. The summed E-state index contributed by atoms with van der Waals surface area (Å²) in [6.45, 7) is 9.70. The van der Waals surface area contributed by atoms with Gasteiger partial charge in [0.15, 0.2) is 0 Å². The van der Waals surface area contributed by atoms with Crippen LogP contribution < -0.4 is 20.7 Å². The average molecular weight is 502 g/mol. The highest BCUT2D eigenvalue weighted by molar-refractivity contribution is 5.81. The molecule has 0 saturated heterocycles. The number of nitriles is 1. The van der Waals surface area contributed by atoms with Crippen LogP contribution in [0.1, 0.15) is 43.2 Å². The number of nitrogens with zero attached hydrogens (tertiary/aromatic N) is 5. The highest BCUT2D eigenvalue weighted by Crippen LogP contribution is 2.36. The summed E-state index contributed by atoms with van der Waals surface area (Å²) in [6.07, 6.45) is 3.73. The van der Waals surface area contributed by atoms with E-state index < -0.39 is 0 Å². The van der Waals surface area contributed by atoms with Crippen molar-refractivity contribution in [2.45, 2.75) is 27.7 Å². The third kappa shape index (κ3) is 7.45. The quantitative estimate of drug-likeness (QED) is 0.372. The lowest BCUT2D eigenvalue weighted by Crippen LogP contribution is -2.29. The Morgan fingerprint density at radius 3 is 2.46 bits per heavy atom. The van der Waals surface area contributed by atoms with Crippen molar-refractivity contribution < 1.29 is 4.74 Å². The summed E-state index contributed by atoms with van der Waals surface area (Å²) in [5, 5.41) is 12.4. The first-order chi connectivity index (χ1) is 17.8. The Hall–Kier alpha value is -4.09. The van der Waals surface area contributed by atoms with Crippen LogP contribution in [0.4, 0.5) is 23.0 Å². The number of hydrogen-bond donors (Lipinski definition) is 2. The summed E-state index contributed by atoms with van der Waals surface area (Å²) in [6, 6.07) is 13.5. The topological polar surface area (TPSA) is 103 Å². The molecule has 0 saturated carbocycles. The number of methoxy groups -OCH3 is 1. The minimum Gasteiger partial charge on any atom is -0.494 e. The standard InChI is InChI=1S/C27H33N7O.C2H6/c1-7-20(21-9-8-19(17-28)14-18(21)2)23-10-11-30-27(31-23)32-24-15-22(29)25(16-26(24)35-6)34(5)13-12-33(3)4;1-2/h7-11,14-16H,12-13,29H2,1-6H3,(H,30,31,32);1-2H3/b20-7+;. The van der Waals surface area contributed by atoms with Crippen molar-refractivity contribution >= 4 is 28.6 Å². The van der Waals surface area contributed by atoms with Crippen LogP contribution in [0, 0.1) is 18.3 Å². The number of hydrogen-bond acceptors (Lipinski definition) is 8. The monoisotopic (exact) mass is 501 g/mol. The first kappa shape index (κ1) is 29.1. The second-order valence-electron chi connectivity index (χ2n) is 8.57. The molecule has 196 valence electrons. The number of anilines is 4. The Kier molecular flexibility index (Phi) is 10.9. The van der Waals surface area contributed by atoms with Crippen molar-refractivity contribution in [2.24, 2.45) is 0 Å². The third-order valence-electron chi connectivity index (χ3n) is 5.76. The number of aromatic nitrogens is 2. The van der Waals surface area contributed by atoms with E-state index in [1.165, 1.54) is 0 Å². The van der Waals surface area contributed by atoms with E-state index >= 15 is 0 Å². The van der Waals surface area contributed by atoms with Crippen LogP contribution in [0.25, 0.3) is 5.57 Å². The fraction of sp³-hybridized carbons (Fsp3) is 0.345. The molecule has 8 heteroatoms. The average Bonchev–Trinajstić information content (AvgIpc) is 2.90. The molecule has 3 N–H and O–H groups in total. The molecule has 2 aromatic carbocycles. The van der Waals surface area contributed by atoms with Gasteiger partial charge in [-0.05, 0) is 63.3 Å². The van der Waals surface area contributed by atoms with E-state index in [0.29, 0.717) is 28.6 Å². The smallest absolute Gasteiger partial charge is 0.227 e. The summed E-state index contributed by atoms with van der Waals surface area (Å²) in [4.78, 5) is 13.4. The Bertz CT molecular complexity index is 1260. The van der Waals surface area contributed by atoms with Gasteiger partial charge < -0.3 is 25.6 Å². The summed E-state index contributed by atoms with van der Waals surface area (Å²) in [5.74, 6) is 1.08. The lowest BCUT2D eigenvalue weighted by molar-refractivity contribution is 0.413. The van der Waals surface area contributed by atoms with Crippen molar-refractivity contribution in [2.75, 3.05) is 57.3 Å². The van der Waals surface area contributed by atoms with Gasteiger partial charge in [-0.2, -0.15) is 5.26 Å². The molecule has 3 aromatic rings. The maximum absolute atomic E-state index is 9.18. The van der Waals surface area contributed by atoms with Crippen molar-refractivity contribution in [3.05, 3.63) is 71.1 Å². The van der Waals surface area contributed by atoms with Crippen molar-refractivity contribution in [1.82, 2.24) is 14.9 Å². The van der Waals surface area contributed by atoms with Gasteiger partial charge in [-0.3, -0.25) is 0 Å². The second kappa shape index (κ2) is 13.9. The molecule has 0 bridgehead atoms. The summed E-state index contributed by atoms with van der Waals surface area (Å²) in [5.41, 5.74) is 13.0. The van der Waals surface area contributed by atoms with Gasteiger partial charge in [0.25, 0.3) is 0 Å². The van der Waals surface area contributed by atoms with E-state index in [1.54, 1.807) is 13.3 Å². The molecule has 0 amide bonds. The van der Waals surface area contributed by atoms with Crippen LogP contribution in [-0.2, 0) is 0 Å². The largest absolute Gasteiger partial charge is 0.494 e. The lowest BCUT2D eigenvalue weighted by Gasteiger charge is -2.24. The minimum absolute atomic E-state index is 0.430. The molecule has 0 unspecified atom stereocenters. The van der Waals surface area contributed by atoms with E-state index in [9.17, 15) is 5.26 Å². The number of rotatable bonds is 9. The molecule has 0 aliphatic carbocycles. The van der Waals surface area contributed by atoms with Crippen LogP contribution in [0.5, 0.6) is 5.75 Å². The van der Waals surface area contributed by atoms with Crippen LogP contribution in [0.15, 0.2) is 48.7 Å². The molecule has 1 heterocycles. The Morgan fingerprint density at radius 2 is 1.86 bits per heavy atom. The SMILES string of the molecule is C/C=C(/c1ccnc(Nc2cc(N)c(N(C)CCN(C)C)cc2OC)n1)c1ccc(C#N)cc1C.CC. The number of aryl methyl sites for hydroxylation is 1. The highest BCUT2D eigenvalue weighted by atomic mass is 16.5. The first-order valence-electron chi connectivity index (χ1n) is 12.4. The zero-order chi connectivity index (χ0) is 27.5. The second-order valence-corrected chi connectivity index (χ2v) is 8.57. The Labute approximate surface area is 221 Å². The van der Waals surface area contributed by atoms with Crippen LogP contribution in [0.2, 0.25) is 0 Å². The molecule has 0 aliphatic heterocycles. The van der Waals surface area contributed by atoms with Gasteiger partial charge in [-0.1, -0.05) is 26.0 Å². The minimum atomic E-state index is 0.430. The van der Waals surface area contributed by atoms with Crippen LogP contribution in [-0.4, -0.2) is 56.2 Å². The van der Waals surface area contributed by atoms with Gasteiger partial charge in [-0.25, -0.2) is 9.97 Å². The number of likely N-dealkylation sites (N-methyl/N-ethyl adjacent to an activating group) is 2. The molecule has 1 aromatic heterocycles. The summed E-state index contributed by atoms with van der Waals surface area (Å²) >= 11 is 0. The van der Waals surface area contributed by atoms with Crippen molar-refractivity contribution in [3.8, 4) is 11.8 Å². The normalized spacial score (nSPS) is 10.9. The maximum Gasteiger partial charge on any atom is 0.227 e. The lowest BCUT2D eigenvalue weighted by atomic mass is 9.96. The van der Waals surface area contributed by atoms with Crippen molar-refractivity contribution in [3.63, 3.8) is 0 Å². The maximum atomic E-state index is 9.18. The van der Waals surface area contributed by atoms with E-state index in [1.807, 2.05) is 91.3 Å². The highest BCUT2D eigenvalue weighted by Gasteiger charge is 2.15. The first-order valence-corrected chi connectivity index (χ1v) is 12.4. The molecule has 0 aliphatic rings. The predicted molar refractivity (Wildman–Crippen MR) is 155 cm³/mol.